The molecule has 2 atom stereocenters. The standard InChI is InChI=1S/C14H26F3N3O2S/c1-3-19(2)23(21,22)18-13-10-20(8-4-7-14(15,16)17)9-12(13)11-5-6-11/h11-13,18H,3-10H2,1-2H3/t12-,13+/m1/s1. The van der Waals surface area contributed by atoms with Gasteiger partial charge >= 0.3 is 6.18 Å². The molecule has 23 heavy (non-hydrogen) atoms. The van der Waals surface area contributed by atoms with Gasteiger partial charge in [-0.25, -0.2) is 0 Å². The second-order valence-electron chi connectivity index (χ2n) is 6.62. The van der Waals surface area contributed by atoms with Crippen LogP contribution in [0.5, 0.6) is 0 Å². The molecule has 2 rings (SSSR count). The zero-order chi connectivity index (χ0) is 17.3. The molecule has 1 heterocycles. The smallest absolute Gasteiger partial charge is 0.301 e. The van der Waals surface area contributed by atoms with Crippen LogP contribution in [0.2, 0.25) is 0 Å². The van der Waals surface area contributed by atoms with Crippen molar-refractivity contribution in [2.45, 2.75) is 44.8 Å². The minimum absolute atomic E-state index is 0.0647. The van der Waals surface area contributed by atoms with E-state index in [1.54, 1.807) is 6.92 Å². The summed E-state index contributed by atoms with van der Waals surface area (Å²) in [6.07, 6.45) is -2.67. The molecule has 9 heteroatoms. The number of hydrogen-bond donors (Lipinski definition) is 1. The zero-order valence-electron chi connectivity index (χ0n) is 13.6. The molecule has 2 aliphatic rings. The Balaban J connectivity index is 1.91. The lowest BCUT2D eigenvalue weighted by Gasteiger charge is -2.23. The van der Waals surface area contributed by atoms with E-state index in [4.69, 9.17) is 0 Å². The van der Waals surface area contributed by atoms with Crippen LogP contribution >= 0.6 is 0 Å². The van der Waals surface area contributed by atoms with Gasteiger partial charge in [-0.15, -0.1) is 0 Å². The van der Waals surface area contributed by atoms with Crippen LogP contribution in [0, 0.1) is 11.8 Å². The Morgan fingerprint density at radius 2 is 1.91 bits per heavy atom. The van der Waals surface area contributed by atoms with E-state index in [1.165, 1.54) is 11.4 Å². The second kappa shape index (κ2) is 7.25. The first-order valence-corrected chi connectivity index (χ1v) is 9.59. The van der Waals surface area contributed by atoms with Crippen LogP contribution in [-0.2, 0) is 10.2 Å². The Kier molecular flexibility index (Phi) is 5.97. The summed E-state index contributed by atoms with van der Waals surface area (Å²) in [5.74, 6) is 0.711. The van der Waals surface area contributed by atoms with E-state index in [9.17, 15) is 21.6 Å². The first-order valence-electron chi connectivity index (χ1n) is 8.15. The van der Waals surface area contributed by atoms with Crippen LogP contribution in [0.15, 0.2) is 0 Å². The summed E-state index contributed by atoms with van der Waals surface area (Å²) < 4.78 is 65.2. The lowest BCUT2D eigenvalue weighted by Crippen LogP contribution is -2.47. The Bertz CT molecular complexity index is 494. The molecular weight excluding hydrogens is 331 g/mol. The fourth-order valence-corrected chi connectivity index (χ4v) is 4.33. The minimum Gasteiger partial charge on any atom is -0.301 e. The molecule has 1 aliphatic heterocycles. The van der Waals surface area contributed by atoms with E-state index in [0.29, 0.717) is 32.1 Å². The van der Waals surface area contributed by atoms with E-state index in [2.05, 4.69) is 4.72 Å². The van der Waals surface area contributed by atoms with Gasteiger partial charge in [0.1, 0.15) is 0 Å². The maximum absolute atomic E-state index is 12.3. The van der Waals surface area contributed by atoms with Crippen LogP contribution in [0.4, 0.5) is 13.2 Å². The van der Waals surface area contributed by atoms with Crippen molar-refractivity contribution in [3.05, 3.63) is 0 Å². The van der Waals surface area contributed by atoms with Gasteiger partial charge in [-0.2, -0.15) is 30.6 Å². The van der Waals surface area contributed by atoms with Gasteiger partial charge in [0.05, 0.1) is 0 Å². The number of nitrogens with zero attached hydrogens (tertiary/aromatic N) is 2. The molecule has 0 radical (unpaired) electrons. The molecule has 0 amide bonds. The van der Waals surface area contributed by atoms with Gasteiger partial charge in [-0.05, 0) is 37.6 Å². The van der Waals surface area contributed by atoms with Crippen molar-refractivity contribution in [2.24, 2.45) is 11.8 Å². The average molecular weight is 357 g/mol. The number of nitrogens with one attached hydrogen (secondary N) is 1. The SMILES string of the molecule is CCN(C)S(=O)(=O)N[C@H]1CN(CCCC(F)(F)F)C[C@@H]1C1CC1. The first kappa shape index (κ1) is 19.0. The van der Waals surface area contributed by atoms with Crippen molar-refractivity contribution >= 4 is 10.2 Å². The third kappa shape index (κ3) is 5.58. The monoisotopic (exact) mass is 357 g/mol. The van der Waals surface area contributed by atoms with Crippen molar-refractivity contribution < 1.29 is 21.6 Å². The predicted octanol–water partition coefficient (Wildman–Crippen LogP) is 1.83. The normalized spacial score (nSPS) is 27.0. The van der Waals surface area contributed by atoms with Gasteiger partial charge in [-0.1, -0.05) is 6.92 Å². The highest BCUT2D eigenvalue weighted by molar-refractivity contribution is 7.87. The third-order valence-electron chi connectivity index (χ3n) is 4.76. The molecule has 0 unspecified atom stereocenters. The van der Waals surface area contributed by atoms with Crippen molar-refractivity contribution in [3.63, 3.8) is 0 Å². The number of halogens is 3. The second-order valence-corrected chi connectivity index (χ2v) is 8.43. The Morgan fingerprint density at radius 3 is 2.43 bits per heavy atom. The van der Waals surface area contributed by atoms with Gasteiger partial charge in [0.25, 0.3) is 10.2 Å². The summed E-state index contributed by atoms with van der Waals surface area (Å²) in [4.78, 5) is 1.97. The van der Waals surface area contributed by atoms with E-state index in [0.717, 1.165) is 12.8 Å². The molecule has 2 fully saturated rings. The summed E-state index contributed by atoms with van der Waals surface area (Å²) in [5.41, 5.74) is 0. The molecule has 5 nitrogen and oxygen atoms in total. The highest BCUT2D eigenvalue weighted by Crippen LogP contribution is 2.41. The first-order chi connectivity index (χ1) is 10.6. The van der Waals surface area contributed by atoms with Crippen molar-refractivity contribution in [2.75, 3.05) is 33.2 Å². The third-order valence-corrected chi connectivity index (χ3v) is 6.44. The summed E-state index contributed by atoms with van der Waals surface area (Å²) in [6.45, 7) is 3.69. The topological polar surface area (TPSA) is 52.7 Å². The van der Waals surface area contributed by atoms with Crippen LogP contribution in [0.25, 0.3) is 0 Å². The number of alkyl halides is 3. The number of hydrogen-bond acceptors (Lipinski definition) is 3. The van der Waals surface area contributed by atoms with Crippen LogP contribution in [0.1, 0.15) is 32.6 Å². The number of likely N-dealkylation sites (tertiary alicyclic amines) is 1. The summed E-state index contributed by atoms with van der Waals surface area (Å²) in [7, 11) is -2.00. The quantitative estimate of drug-likeness (QED) is 0.721. The molecule has 1 aliphatic carbocycles. The van der Waals surface area contributed by atoms with Gasteiger partial charge in [-0.3, -0.25) is 0 Å². The van der Waals surface area contributed by atoms with Crippen LogP contribution in [-0.4, -0.2) is 63.1 Å². The predicted molar refractivity (Wildman–Crippen MR) is 82.1 cm³/mol. The molecule has 0 spiro atoms. The van der Waals surface area contributed by atoms with E-state index >= 15 is 0 Å². The fourth-order valence-electron chi connectivity index (χ4n) is 3.18. The summed E-state index contributed by atoms with van der Waals surface area (Å²) in [5, 5.41) is 0. The molecule has 0 bridgehead atoms. The largest absolute Gasteiger partial charge is 0.389 e. The maximum Gasteiger partial charge on any atom is 0.389 e. The maximum atomic E-state index is 12.3. The minimum atomic E-state index is -4.12. The lowest BCUT2D eigenvalue weighted by molar-refractivity contribution is -0.136. The lowest BCUT2D eigenvalue weighted by atomic mass is 9.99. The molecule has 1 saturated heterocycles. The highest BCUT2D eigenvalue weighted by atomic mass is 32.2. The Hall–Kier alpha value is -0.380. The average Bonchev–Trinajstić information content (AvgIpc) is 3.19. The number of rotatable bonds is 8. The Morgan fingerprint density at radius 1 is 1.26 bits per heavy atom. The zero-order valence-corrected chi connectivity index (χ0v) is 14.5. The molecule has 136 valence electrons. The van der Waals surface area contributed by atoms with Gasteiger partial charge in [0.15, 0.2) is 0 Å². The van der Waals surface area contributed by atoms with Crippen molar-refractivity contribution in [1.29, 1.82) is 0 Å². The molecule has 0 aromatic heterocycles. The van der Waals surface area contributed by atoms with Gasteiger partial charge in [0.2, 0.25) is 0 Å². The van der Waals surface area contributed by atoms with Crippen LogP contribution in [0.3, 0.4) is 0 Å². The van der Waals surface area contributed by atoms with Gasteiger partial charge < -0.3 is 4.90 Å². The summed E-state index contributed by atoms with van der Waals surface area (Å²) in [6, 6.07) is -0.201. The Labute approximate surface area is 136 Å². The molecular formula is C14H26F3N3O2S. The van der Waals surface area contributed by atoms with E-state index < -0.39 is 22.8 Å². The molecule has 0 aromatic rings. The molecule has 0 aromatic carbocycles. The van der Waals surface area contributed by atoms with E-state index in [1.807, 2.05) is 4.90 Å². The summed E-state index contributed by atoms with van der Waals surface area (Å²) >= 11 is 0. The van der Waals surface area contributed by atoms with Crippen molar-refractivity contribution in [1.82, 2.24) is 13.9 Å². The molecule has 1 saturated carbocycles. The van der Waals surface area contributed by atoms with Crippen LogP contribution < -0.4 is 4.72 Å². The highest BCUT2D eigenvalue weighted by Gasteiger charge is 2.44. The van der Waals surface area contributed by atoms with E-state index in [-0.39, 0.29) is 18.4 Å². The van der Waals surface area contributed by atoms with Gasteiger partial charge in [0, 0.05) is 39.1 Å². The fraction of sp³-hybridized carbons (Fsp3) is 1.00. The molecule has 1 N–H and O–H groups in total. The van der Waals surface area contributed by atoms with Crippen molar-refractivity contribution in [3.8, 4) is 0 Å².